The third-order valence-electron chi connectivity index (χ3n) is 5.88. The number of carboxylic acid groups (broad SMARTS) is 1. The number of hydrogen-bond acceptors (Lipinski definition) is 3. The summed E-state index contributed by atoms with van der Waals surface area (Å²) in [4.78, 5) is 25.2. The highest BCUT2D eigenvalue weighted by molar-refractivity contribution is 6.31. The van der Waals surface area contributed by atoms with Gasteiger partial charge in [-0.25, -0.2) is 4.79 Å². The number of amides is 2. The maximum atomic E-state index is 12.8. The Morgan fingerprint density at radius 2 is 2.03 bits per heavy atom. The zero-order valence-electron chi connectivity index (χ0n) is 18.3. The van der Waals surface area contributed by atoms with Crippen molar-refractivity contribution in [1.82, 2.24) is 10.2 Å². The molecule has 164 valence electrons. The molecule has 0 aliphatic carbocycles. The number of carboxylic acids is 1. The first-order valence-electron chi connectivity index (χ1n) is 10.3. The van der Waals surface area contributed by atoms with Gasteiger partial charge in [0.15, 0.2) is 0 Å². The van der Waals surface area contributed by atoms with Crippen molar-refractivity contribution < 1.29 is 19.4 Å². The summed E-state index contributed by atoms with van der Waals surface area (Å²) in [5, 5.41) is 12.7. The second-order valence-electron chi connectivity index (χ2n) is 9.88. The number of nitrogens with one attached hydrogen (secondary N) is 1. The molecule has 1 atom stereocenters. The minimum absolute atomic E-state index is 0.101. The van der Waals surface area contributed by atoms with Crippen molar-refractivity contribution in [2.24, 2.45) is 5.41 Å². The number of urea groups is 1. The number of halogens is 1. The summed E-state index contributed by atoms with van der Waals surface area (Å²) in [5.74, 6) is -0.947. The number of ether oxygens (including phenoxy) is 1. The van der Waals surface area contributed by atoms with Gasteiger partial charge < -0.3 is 20.1 Å². The van der Waals surface area contributed by atoms with E-state index in [-0.39, 0.29) is 24.4 Å². The summed E-state index contributed by atoms with van der Waals surface area (Å²) in [7, 11) is 0. The van der Waals surface area contributed by atoms with E-state index in [1.165, 1.54) is 4.90 Å². The van der Waals surface area contributed by atoms with Crippen LogP contribution in [0.4, 0.5) is 4.79 Å². The van der Waals surface area contributed by atoms with Crippen molar-refractivity contribution in [3.63, 3.8) is 0 Å². The van der Waals surface area contributed by atoms with E-state index in [9.17, 15) is 9.59 Å². The second-order valence-corrected chi connectivity index (χ2v) is 10.3. The molecule has 1 unspecified atom stereocenters. The summed E-state index contributed by atoms with van der Waals surface area (Å²) >= 11 is 6.64. The number of hydrogen-bond donors (Lipinski definition) is 2. The fraction of sp³-hybridized carbons (Fsp3) is 0.565. The van der Waals surface area contributed by atoms with Gasteiger partial charge in [0.1, 0.15) is 5.54 Å². The zero-order chi connectivity index (χ0) is 22.3. The lowest BCUT2D eigenvalue weighted by Crippen LogP contribution is -2.56. The van der Waals surface area contributed by atoms with Gasteiger partial charge in [-0.15, -0.1) is 0 Å². The van der Waals surface area contributed by atoms with Gasteiger partial charge in [-0.3, -0.25) is 4.79 Å². The average Bonchev–Trinajstić information content (AvgIpc) is 2.89. The standard InChI is InChI=1S/C23H31ClN2O4/c1-21(2,3)10-8-15-6-7-16(12-17(15)24)23-14-30-22(4,5)18(23)13-26(20(29)25-23)11-9-19(27)28/h6-7,12-13H,8-11,14H2,1-5H3,(H,25,29)(H,27,28). The number of aryl methyl sites for hydroxylation is 1. The Balaban J connectivity index is 1.95. The van der Waals surface area contributed by atoms with Gasteiger partial charge in [-0.1, -0.05) is 44.5 Å². The van der Waals surface area contributed by atoms with Crippen LogP contribution in [0.1, 0.15) is 58.6 Å². The molecule has 0 spiro atoms. The van der Waals surface area contributed by atoms with Crippen LogP contribution in [-0.2, 0) is 21.5 Å². The Kier molecular flexibility index (Phi) is 5.95. The third-order valence-corrected chi connectivity index (χ3v) is 6.23. The van der Waals surface area contributed by atoms with Crippen LogP contribution in [-0.4, -0.2) is 40.8 Å². The molecule has 1 saturated heterocycles. The van der Waals surface area contributed by atoms with Crippen LogP contribution >= 0.6 is 11.6 Å². The minimum Gasteiger partial charge on any atom is -0.481 e. The molecule has 2 N–H and O–H groups in total. The Morgan fingerprint density at radius 3 is 2.63 bits per heavy atom. The Bertz CT molecular complexity index is 888. The van der Waals surface area contributed by atoms with E-state index >= 15 is 0 Å². The van der Waals surface area contributed by atoms with Gasteiger partial charge in [-0.2, -0.15) is 0 Å². The highest BCUT2D eigenvalue weighted by Gasteiger charge is 2.54. The van der Waals surface area contributed by atoms with Crippen LogP contribution in [0.5, 0.6) is 0 Å². The molecule has 2 amide bonds. The minimum atomic E-state index is -0.947. The van der Waals surface area contributed by atoms with Crippen molar-refractivity contribution >= 4 is 23.6 Å². The van der Waals surface area contributed by atoms with Crippen LogP contribution in [0.15, 0.2) is 30.0 Å². The van der Waals surface area contributed by atoms with Crippen molar-refractivity contribution in [1.29, 1.82) is 0 Å². The van der Waals surface area contributed by atoms with Crippen LogP contribution in [0.3, 0.4) is 0 Å². The van der Waals surface area contributed by atoms with E-state index < -0.39 is 17.1 Å². The average molecular weight is 435 g/mol. The monoisotopic (exact) mass is 434 g/mol. The first-order valence-corrected chi connectivity index (χ1v) is 10.7. The van der Waals surface area contributed by atoms with Gasteiger partial charge >= 0.3 is 12.0 Å². The maximum absolute atomic E-state index is 12.8. The summed E-state index contributed by atoms with van der Waals surface area (Å²) in [6.07, 6.45) is 3.53. The predicted octanol–water partition coefficient (Wildman–Crippen LogP) is 4.71. The molecule has 1 aromatic rings. The smallest absolute Gasteiger partial charge is 0.322 e. The molecule has 2 heterocycles. The van der Waals surface area contributed by atoms with Crippen LogP contribution in [0.2, 0.25) is 5.02 Å². The highest BCUT2D eigenvalue weighted by atomic mass is 35.5. The van der Waals surface area contributed by atoms with Gasteiger partial charge in [-0.05, 0) is 49.3 Å². The van der Waals surface area contributed by atoms with Crippen LogP contribution in [0, 0.1) is 5.41 Å². The van der Waals surface area contributed by atoms with Crippen molar-refractivity contribution in [3.8, 4) is 0 Å². The van der Waals surface area contributed by atoms with Crippen molar-refractivity contribution in [2.75, 3.05) is 13.2 Å². The number of nitrogens with zero attached hydrogens (tertiary/aromatic N) is 1. The molecule has 0 saturated carbocycles. The zero-order valence-corrected chi connectivity index (χ0v) is 19.1. The van der Waals surface area contributed by atoms with E-state index in [4.69, 9.17) is 21.4 Å². The van der Waals surface area contributed by atoms with Crippen molar-refractivity contribution in [3.05, 3.63) is 46.1 Å². The van der Waals surface area contributed by atoms with Crippen LogP contribution in [0.25, 0.3) is 0 Å². The van der Waals surface area contributed by atoms with Crippen molar-refractivity contribution in [2.45, 2.75) is 65.0 Å². The summed E-state index contributed by atoms with van der Waals surface area (Å²) in [5.41, 5.74) is 1.64. The predicted molar refractivity (Wildman–Crippen MR) is 117 cm³/mol. The molecule has 2 aliphatic rings. The van der Waals surface area contributed by atoms with E-state index in [2.05, 4.69) is 26.1 Å². The number of aliphatic carboxylic acids is 1. The summed E-state index contributed by atoms with van der Waals surface area (Å²) in [6, 6.07) is 5.62. The largest absolute Gasteiger partial charge is 0.481 e. The second kappa shape index (κ2) is 7.89. The van der Waals surface area contributed by atoms with E-state index in [1.54, 1.807) is 6.20 Å². The van der Waals surface area contributed by atoms with Gasteiger partial charge in [0, 0.05) is 23.3 Å². The number of carbonyl (C=O) groups is 2. The van der Waals surface area contributed by atoms with Gasteiger partial charge in [0.25, 0.3) is 0 Å². The molecule has 3 rings (SSSR count). The molecule has 30 heavy (non-hydrogen) atoms. The van der Waals surface area contributed by atoms with Gasteiger partial charge in [0.2, 0.25) is 0 Å². The SMILES string of the molecule is CC(C)(C)CCc1ccc(C23COC(C)(C)C2=CN(CCC(=O)O)C(=O)N3)cc1Cl. The topological polar surface area (TPSA) is 78.9 Å². The molecule has 0 bridgehead atoms. The summed E-state index contributed by atoms with van der Waals surface area (Å²) < 4.78 is 6.06. The number of fused-ring (bicyclic) bond motifs is 1. The Labute approximate surface area is 183 Å². The number of rotatable bonds is 6. The molecule has 0 radical (unpaired) electrons. The third kappa shape index (κ3) is 4.49. The van der Waals surface area contributed by atoms with E-state index in [0.29, 0.717) is 11.6 Å². The first-order chi connectivity index (χ1) is 13.8. The summed E-state index contributed by atoms with van der Waals surface area (Å²) in [6.45, 7) is 10.9. The van der Waals surface area contributed by atoms with E-state index in [0.717, 1.165) is 29.5 Å². The lowest BCUT2D eigenvalue weighted by atomic mass is 9.77. The lowest BCUT2D eigenvalue weighted by molar-refractivity contribution is -0.137. The maximum Gasteiger partial charge on any atom is 0.322 e. The molecule has 2 aliphatic heterocycles. The molecule has 1 aromatic carbocycles. The molecule has 1 fully saturated rings. The first kappa shape index (κ1) is 22.6. The molecular weight excluding hydrogens is 404 g/mol. The molecular formula is C23H31ClN2O4. The molecule has 7 heteroatoms. The lowest BCUT2D eigenvalue weighted by Gasteiger charge is -2.40. The Hall–Kier alpha value is -2.05. The Morgan fingerprint density at radius 1 is 1.33 bits per heavy atom. The van der Waals surface area contributed by atoms with Gasteiger partial charge in [0.05, 0.1) is 18.6 Å². The fourth-order valence-corrected chi connectivity index (χ4v) is 4.29. The highest BCUT2D eigenvalue weighted by Crippen LogP contribution is 2.47. The normalized spacial score (nSPS) is 23.1. The van der Waals surface area contributed by atoms with E-state index in [1.807, 2.05) is 32.0 Å². The fourth-order valence-electron chi connectivity index (χ4n) is 4.01. The molecule has 0 aromatic heterocycles. The quantitative estimate of drug-likeness (QED) is 0.679. The molecule has 6 nitrogen and oxygen atoms in total. The number of carbonyl (C=O) groups excluding carboxylic acids is 1. The van der Waals surface area contributed by atoms with Crippen LogP contribution < -0.4 is 5.32 Å². The number of benzene rings is 1.